The zero-order chi connectivity index (χ0) is 20.1. The molecular weight excluding hydrogens is 444 g/mol. The molecule has 9 heteroatoms. The fourth-order valence-corrected chi connectivity index (χ4v) is 4.07. The van der Waals surface area contributed by atoms with Crippen molar-refractivity contribution < 1.29 is 14.3 Å². The third-order valence-corrected chi connectivity index (χ3v) is 5.94. The summed E-state index contributed by atoms with van der Waals surface area (Å²) in [4.78, 5) is 34.6. The van der Waals surface area contributed by atoms with Crippen molar-refractivity contribution in [1.82, 2.24) is 20.2 Å². The Bertz CT molecular complexity index is 827. The van der Waals surface area contributed by atoms with Gasteiger partial charge in [-0.1, -0.05) is 28.1 Å². The maximum atomic E-state index is 13.1. The summed E-state index contributed by atoms with van der Waals surface area (Å²) in [5.41, 5.74) is 2.83. The van der Waals surface area contributed by atoms with Crippen molar-refractivity contribution in [2.24, 2.45) is 0 Å². The molecule has 1 aliphatic heterocycles. The first-order valence-corrected chi connectivity index (χ1v) is 11.1. The van der Waals surface area contributed by atoms with Gasteiger partial charge in [-0.15, -0.1) is 0 Å². The lowest BCUT2D eigenvalue weighted by Crippen LogP contribution is -2.51. The molecule has 0 saturated carbocycles. The van der Waals surface area contributed by atoms with Gasteiger partial charge in [0.15, 0.2) is 0 Å². The number of benzene rings is 1. The molecule has 2 aromatic rings. The lowest BCUT2D eigenvalue weighted by atomic mass is 9.96. The van der Waals surface area contributed by atoms with E-state index < -0.39 is 12.0 Å². The van der Waals surface area contributed by atoms with Gasteiger partial charge in [0, 0.05) is 23.1 Å². The summed E-state index contributed by atoms with van der Waals surface area (Å²) in [7, 11) is 1.34. The minimum Gasteiger partial charge on any atom is -0.467 e. The summed E-state index contributed by atoms with van der Waals surface area (Å²) in [5, 5.41) is 2.86. The summed E-state index contributed by atoms with van der Waals surface area (Å²) in [6.45, 7) is 0.526. The number of carbonyl (C=O) groups excluding carboxylic acids is 2. The number of H-pyrrole nitrogens is 1. The van der Waals surface area contributed by atoms with Gasteiger partial charge in [-0.25, -0.2) is 14.6 Å². The van der Waals surface area contributed by atoms with Gasteiger partial charge >= 0.3 is 12.0 Å². The van der Waals surface area contributed by atoms with E-state index >= 15 is 0 Å². The topological polar surface area (TPSA) is 87.3 Å². The maximum Gasteiger partial charge on any atom is 0.328 e. The van der Waals surface area contributed by atoms with Gasteiger partial charge in [-0.05, 0) is 36.1 Å². The SMILES string of the molecule is COC(=O)[C@@H](CCSC)NC(=O)N1CCc2[nH]cnc2[C@H]1c1ccc(Br)cc1. The van der Waals surface area contributed by atoms with Crippen LogP contribution in [0.2, 0.25) is 0 Å². The smallest absolute Gasteiger partial charge is 0.328 e. The van der Waals surface area contributed by atoms with E-state index in [9.17, 15) is 9.59 Å². The van der Waals surface area contributed by atoms with Crippen LogP contribution in [0.1, 0.15) is 29.4 Å². The number of imidazole rings is 1. The van der Waals surface area contributed by atoms with Crippen LogP contribution >= 0.6 is 27.7 Å². The first-order chi connectivity index (χ1) is 13.5. The molecule has 0 saturated heterocycles. The van der Waals surface area contributed by atoms with E-state index in [2.05, 4.69) is 31.2 Å². The second-order valence-electron chi connectivity index (χ2n) is 6.47. The molecule has 0 aliphatic carbocycles. The van der Waals surface area contributed by atoms with Crippen LogP contribution < -0.4 is 5.32 Å². The van der Waals surface area contributed by atoms with Crippen molar-refractivity contribution in [3.63, 3.8) is 0 Å². The van der Waals surface area contributed by atoms with Crippen LogP contribution in [0.5, 0.6) is 0 Å². The summed E-state index contributed by atoms with van der Waals surface area (Å²) < 4.78 is 5.83. The minimum absolute atomic E-state index is 0.293. The summed E-state index contributed by atoms with van der Waals surface area (Å²) in [5.74, 6) is 0.319. The number of carbonyl (C=O) groups is 2. The van der Waals surface area contributed by atoms with Crippen molar-refractivity contribution in [2.75, 3.05) is 25.7 Å². The number of aromatic nitrogens is 2. The predicted octanol–water partition coefficient (Wildman–Crippen LogP) is 3.12. The zero-order valence-electron chi connectivity index (χ0n) is 15.8. The van der Waals surface area contributed by atoms with Gasteiger partial charge < -0.3 is 19.9 Å². The van der Waals surface area contributed by atoms with Crippen molar-refractivity contribution in [3.05, 3.63) is 52.0 Å². The molecule has 2 amide bonds. The number of methoxy groups -OCH3 is 1. The van der Waals surface area contributed by atoms with Crippen LogP contribution in [-0.4, -0.2) is 58.6 Å². The number of hydrogen-bond donors (Lipinski definition) is 2. The first kappa shape index (κ1) is 20.7. The average molecular weight is 467 g/mol. The third-order valence-electron chi connectivity index (χ3n) is 4.77. The molecule has 0 unspecified atom stereocenters. The molecule has 0 radical (unpaired) electrons. The second kappa shape index (κ2) is 9.47. The quantitative estimate of drug-likeness (QED) is 0.638. The zero-order valence-corrected chi connectivity index (χ0v) is 18.2. The standard InChI is InChI=1S/C19H23BrN4O3S/c1-27-18(25)15(8-10-28-2)23-19(26)24-9-7-14-16(22-11-21-14)17(24)12-3-5-13(20)6-4-12/h3-6,11,15,17H,7-10H2,1-2H3,(H,21,22)(H,23,26)/t15-,17-/m1/s1. The first-order valence-electron chi connectivity index (χ1n) is 8.96. The normalized spacial score (nSPS) is 17.0. The van der Waals surface area contributed by atoms with Crippen LogP contribution in [0.4, 0.5) is 4.79 Å². The Morgan fingerprint density at radius 3 is 2.86 bits per heavy atom. The fraction of sp³-hybridized carbons (Fsp3) is 0.421. The Hall–Kier alpha value is -2.00. The Kier molecular flexibility index (Phi) is 7.01. The molecule has 2 atom stereocenters. The monoisotopic (exact) mass is 466 g/mol. The summed E-state index contributed by atoms with van der Waals surface area (Å²) in [6.07, 6.45) is 4.82. The number of thioether (sulfide) groups is 1. The molecular formula is C19H23BrN4O3S. The Balaban J connectivity index is 1.86. The molecule has 0 bridgehead atoms. The Labute approximate surface area is 176 Å². The number of amides is 2. The number of fused-ring (bicyclic) bond motifs is 1. The number of halogens is 1. The van der Waals surface area contributed by atoms with Crippen molar-refractivity contribution in [2.45, 2.75) is 24.9 Å². The summed E-state index contributed by atoms with van der Waals surface area (Å²) >= 11 is 5.07. The minimum atomic E-state index is -0.670. The molecule has 7 nitrogen and oxygen atoms in total. The molecule has 0 fully saturated rings. The number of nitrogens with one attached hydrogen (secondary N) is 2. The Morgan fingerprint density at radius 1 is 1.43 bits per heavy atom. The van der Waals surface area contributed by atoms with Crippen molar-refractivity contribution in [3.8, 4) is 0 Å². The molecule has 150 valence electrons. The molecule has 28 heavy (non-hydrogen) atoms. The summed E-state index contributed by atoms with van der Waals surface area (Å²) in [6, 6.07) is 6.56. The number of rotatable bonds is 6. The predicted molar refractivity (Wildman–Crippen MR) is 112 cm³/mol. The Morgan fingerprint density at radius 2 is 2.18 bits per heavy atom. The molecule has 1 aliphatic rings. The fourth-order valence-electron chi connectivity index (χ4n) is 3.34. The van der Waals surface area contributed by atoms with Crippen molar-refractivity contribution in [1.29, 1.82) is 0 Å². The van der Waals surface area contributed by atoms with Crippen LogP contribution in [0.3, 0.4) is 0 Å². The van der Waals surface area contributed by atoms with E-state index in [1.165, 1.54) is 7.11 Å². The largest absolute Gasteiger partial charge is 0.467 e. The van der Waals surface area contributed by atoms with E-state index in [-0.39, 0.29) is 12.1 Å². The highest BCUT2D eigenvalue weighted by atomic mass is 79.9. The van der Waals surface area contributed by atoms with E-state index in [1.807, 2.05) is 30.5 Å². The number of urea groups is 1. The molecule has 3 rings (SSSR count). The maximum absolute atomic E-state index is 13.1. The third kappa shape index (κ3) is 4.52. The molecule has 0 spiro atoms. The van der Waals surface area contributed by atoms with Crippen LogP contribution in [0.15, 0.2) is 35.1 Å². The van der Waals surface area contributed by atoms with Gasteiger partial charge in [0.05, 0.1) is 19.1 Å². The highest BCUT2D eigenvalue weighted by Gasteiger charge is 2.35. The highest BCUT2D eigenvalue weighted by Crippen LogP contribution is 2.34. The highest BCUT2D eigenvalue weighted by molar-refractivity contribution is 9.10. The van der Waals surface area contributed by atoms with Crippen LogP contribution in [0.25, 0.3) is 0 Å². The lowest BCUT2D eigenvalue weighted by Gasteiger charge is -2.36. The lowest BCUT2D eigenvalue weighted by molar-refractivity contribution is -0.142. The van der Waals surface area contributed by atoms with Crippen LogP contribution in [0, 0.1) is 0 Å². The van der Waals surface area contributed by atoms with Gasteiger partial charge in [0.2, 0.25) is 0 Å². The number of esters is 1. The van der Waals surface area contributed by atoms with E-state index in [0.29, 0.717) is 19.4 Å². The van der Waals surface area contributed by atoms with Crippen molar-refractivity contribution >= 4 is 39.7 Å². The molecule has 2 heterocycles. The van der Waals surface area contributed by atoms with Gasteiger partial charge in [0.25, 0.3) is 0 Å². The number of nitrogens with zero attached hydrogens (tertiary/aromatic N) is 2. The second-order valence-corrected chi connectivity index (χ2v) is 8.37. The number of hydrogen-bond acceptors (Lipinski definition) is 5. The molecule has 2 N–H and O–H groups in total. The van der Waals surface area contributed by atoms with E-state index in [4.69, 9.17) is 4.74 Å². The van der Waals surface area contributed by atoms with Gasteiger partial charge in [-0.2, -0.15) is 11.8 Å². The van der Waals surface area contributed by atoms with Crippen LogP contribution in [-0.2, 0) is 16.0 Å². The van der Waals surface area contributed by atoms with E-state index in [1.54, 1.807) is 23.0 Å². The molecule has 1 aromatic heterocycles. The number of aromatic amines is 1. The molecule has 1 aromatic carbocycles. The number of ether oxygens (including phenoxy) is 1. The average Bonchev–Trinajstić information content (AvgIpc) is 3.19. The van der Waals surface area contributed by atoms with Gasteiger partial charge in [0.1, 0.15) is 12.1 Å². The van der Waals surface area contributed by atoms with E-state index in [0.717, 1.165) is 27.2 Å². The van der Waals surface area contributed by atoms with Gasteiger partial charge in [-0.3, -0.25) is 0 Å².